The average molecular weight is 283 g/mol. The lowest BCUT2D eigenvalue weighted by atomic mass is 10.1. The van der Waals surface area contributed by atoms with E-state index in [1.54, 1.807) is 0 Å². The maximum atomic E-state index is 5.69. The second-order valence-corrected chi connectivity index (χ2v) is 6.31. The van der Waals surface area contributed by atoms with Gasteiger partial charge < -0.3 is 20.3 Å². The highest BCUT2D eigenvalue weighted by Crippen LogP contribution is 2.17. The smallest absolute Gasteiger partial charge is 0.0576 e. The maximum absolute atomic E-state index is 5.69. The van der Waals surface area contributed by atoms with E-state index in [1.165, 1.54) is 84.2 Å². The quantitative estimate of drug-likeness (QED) is 0.654. The number of hydrogen-bond acceptors (Lipinski definition) is 4. The van der Waals surface area contributed by atoms with Crippen LogP contribution in [0.5, 0.6) is 0 Å². The Hall–Kier alpha value is -0.160. The third-order valence-corrected chi connectivity index (χ3v) is 4.67. The Morgan fingerprint density at radius 1 is 0.900 bits per heavy atom. The van der Waals surface area contributed by atoms with E-state index >= 15 is 0 Å². The molecule has 2 aliphatic rings. The van der Waals surface area contributed by atoms with Gasteiger partial charge in [0.25, 0.3) is 0 Å². The number of unbranched alkanes of at least 4 members (excludes halogenated alkanes) is 2. The Morgan fingerprint density at radius 3 is 2.20 bits per heavy atom. The molecule has 2 fully saturated rings. The Morgan fingerprint density at radius 2 is 1.60 bits per heavy atom. The average Bonchev–Trinajstić information content (AvgIpc) is 2.98. The number of ether oxygens (including phenoxy) is 1. The van der Waals surface area contributed by atoms with Crippen LogP contribution < -0.4 is 5.73 Å². The van der Waals surface area contributed by atoms with Crippen LogP contribution in [0.3, 0.4) is 0 Å². The van der Waals surface area contributed by atoms with Crippen molar-refractivity contribution in [3.8, 4) is 0 Å². The van der Waals surface area contributed by atoms with Crippen molar-refractivity contribution in [2.75, 3.05) is 52.4 Å². The molecule has 0 radical (unpaired) electrons. The van der Waals surface area contributed by atoms with Crippen LogP contribution in [0.25, 0.3) is 0 Å². The number of nitrogens with zero attached hydrogens (tertiary/aromatic N) is 2. The van der Waals surface area contributed by atoms with E-state index in [4.69, 9.17) is 10.5 Å². The molecule has 0 aromatic rings. The van der Waals surface area contributed by atoms with Crippen LogP contribution in [0.1, 0.15) is 44.9 Å². The molecule has 2 N–H and O–H groups in total. The summed E-state index contributed by atoms with van der Waals surface area (Å²) >= 11 is 0. The summed E-state index contributed by atoms with van der Waals surface area (Å²) in [5, 5.41) is 0. The van der Waals surface area contributed by atoms with E-state index in [0.717, 1.165) is 13.2 Å². The summed E-state index contributed by atoms with van der Waals surface area (Å²) in [6, 6.07) is 0. The molecule has 1 atom stereocenters. The third kappa shape index (κ3) is 6.08. The molecule has 20 heavy (non-hydrogen) atoms. The predicted octanol–water partition coefficient (Wildman–Crippen LogP) is 1.69. The van der Waals surface area contributed by atoms with Crippen molar-refractivity contribution in [1.82, 2.24) is 9.80 Å². The number of piperazine rings is 1. The second-order valence-electron chi connectivity index (χ2n) is 6.31. The Bertz CT molecular complexity index is 236. The molecule has 4 heteroatoms. The van der Waals surface area contributed by atoms with Crippen LogP contribution in [0, 0.1) is 0 Å². The SMILES string of the molecule is NCCCCCN1CCN(CCCC2CCCO2)CC1. The van der Waals surface area contributed by atoms with E-state index in [-0.39, 0.29) is 0 Å². The van der Waals surface area contributed by atoms with E-state index in [9.17, 15) is 0 Å². The predicted molar refractivity (Wildman–Crippen MR) is 84.0 cm³/mol. The van der Waals surface area contributed by atoms with Gasteiger partial charge in [0.15, 0.2) is 0 Å². The second kappa shape index (κ2) is 9.72. The van der Waals surface area contributed by atoms with Gasteiger partial charge in [-0.25, -0.2) is 0 Å². The third-order valence-electron chi connectivity index (χ3n) is 4.67. The number of nitrogens with two attached hydrogens (primary N) is 1. The highest BCUT2D eigenvalue weighted by molar-refractivity contribution is 4.73. The lowest BCUT2D eigenvalue weighted by molar-refractivity contribution is 0.0914. The fourth-order valence-corrected chi connectivity index (χ4v) is 3.31. The number of rotatable bonds is 9. The van der Waals surface area contributed by atoms with Crippen molar-refractivity contribution in [2.45, 2.75) is 51.0 Å². The first kappa shape index (κ1) is 16.2. The lowest BCUT2D eigenvalue weighted by Gasteiger charge is -2.34. The summed E-state index contributed by atoms with van der Waals surface area (Å²) in [7, 11) is 0. The van der Waals surface area contributed by atoms with Crippen molar-refractivity contribution in [2.24, 2.45) is 5.73 Å². The van der Waals surface area contributed by atoms with Gasteiger partial charge in [-0.1, -0.05) is 6.42 Å². The van der Waals surface area contributed by atoms with Crippen molar-refractivity contribution in [3.05, 3.63) is 0 Å². The topological polar surface area (TPSA) is 41.7 Å². The minimum Gasteiger partial charge on any atom is -0.378 e. The summed E-state index contributed by atoms with van der Waals surface area (Å²) in [5.41, 5.74) is 5.53. The van der Waals surface area contributed by atoms with Crippen LogP contribution in [0.4, 0.5) is 0 Å². The molecular weight excluding hydrogens is 250 g/mol. The fourth-order valence-electron chi connectivity index (χ4n) is 3.31. The van der Waals surface area contributed by atoms with Crippen LogP contribution in [-0.4, -0.2) is 68.3 Å². The Balaban J connectivity index is 1.46. The summed E-state index contributed by atoms with van der Waals surface area (Å²) in [6.07, 6.45) is 9.49. The molecule has 2 heterocycles. The first-order valence-corrected chi connectivity index (χ1v) is 8.65. The molecule has 2 rings (SSSR count). The van der Waals surface area contributed by atoms with Gasteiger partial charge in [0, 0.05) is 32.8 Å². The molecule has 1 unspecified atom stereocenters. The molecule has 0 amide bonds. The van der Waals surface area contributed by atoms with E-state index in [2.05, 4.69) is 9.80 Å². The standard InChI is InChI=1S/C16H33N3O/c17-8-2-1-3-9-18-11-13-19(14-12-18)10-4-6-16-7-5-15-20-16/h16H,1-15,17H2. The van der Waals surface area contributed by atoms with E-state index in [1.807, 2.05) is 0 Å². The van der Waals surface area contributed by atoms with Gasteiger partial charge in [-0.05, 0) is 58.2 Å². The highest BCUT2D eigenvalue weighted by Gasteiger charge is 2.18. The fraction of sp³-hybridized carbons (Fsp3) is 1.00. The lowest BCUT2D eigenvalue weighted by Crippen LogP contribution is -2.46. The monoisotopic (exact) mass is 283 g/mol. The first-order chi connectivity index (χ1) is 9.88. The van der Waals surface area contributed by atoms with Crippen molar-refractivity contribution >= 4 is 0 Å². The van der Waals surface area contributed by atoms with Gasteiger partial charge in [-0.15, -0.1) is 0 Å². The van der Waals surface area contributed by atoms with Gasteiger partial charge in [-0.3, -0.25) is 0 Å². The molecule has 0 bridgehead atoms. The zero-order chi connectivity index (χ0) is 14.0. The molecule has 0 saturated carbocycles. The molecule has 0 spiro atoms. The normalized spacial score (nSPS) is 25.4. The minimum absolute atomic E-state index is 0.568. The molecule has 0 aromatic carbocycles. The largest absolute Gasteiger partial charge is 0.378 e. The Labute approximate surface area is 124 Å². The first-order valence-electron chi connectivity index (χ1n) is 8.65. The summed E-state index contributed by atoms with van der Waals surface area (Å²) in [5.74, 6) is 0. The van der Waals surface area contributed by atoms with Crippen molar-refractivity contribution in [1.29, 1.82) is 0 Å². The van der Waals surface area contributed by atoms with E-state index < -0.39 is 0 Å². The molecule has 2 aliphatic heterocycles. The Kier molecular flexibility index (Phi) is 7.88. The highest BCUT2D eigenvalue weighted by atomic mass is 16.5. The van der Waals surface area contributed by atoms with Crippen molar-refractivity contribution in [3.63, 3.8) is 0 Å². The molecule has 2 saturated heterocycles. The maximum Gasteiger partial charge on any atom is 0.0576 e. The molecule has 0 aromatic heterocycles. The van der Waals surface area contributed by atoms with Crippen molar-refractivity contribution < 1.29 is 4.74 Å². The van der Waals surface area contributed by atoms with Crippen LogP contribution in [-0.2, 0) is 4.74 Å². The zero-order valence-corrected chi connectivity index (χ0v) is 13.1. The van der Waals surface area contributed by atoms with E-state index in [0.29, 0.717) is 6.10 Å². The van der Waals surface area contributed by atoms with Gasteiger partial charge in [-0.2, -0.15) is 0 Å². The molecule has 118 valence electrons. The van der Waals surface area contributed by atoms with Crippen LogP contribution in [0.2, 0.25) is 0 Å². The zero-order valence-electron chi connectivity index (χ0n) is 13.1. The summed E-state index contributed by atoms with van der Waals surface area (Å²) in [6.45, 7) is 9.38. The number of hydrogen-bond donors (Lipinski definition) is 1. The molecule has 4 nitrogen and oxygen atoms in total. The molecular formula is C16H33N3O. The van der Waals surface area contributed by atoms with Crippen LogP contribution in [0.15, 0.2) is 0 Å². The van der Waals surface area contributed by atoms with Gasteiger partial charge in [0.2, 0.25) is 0 Å². The van der Waals surface area contributed by atoms with Gasteiger partial charge >= 0.3 is 0 Å². The van der Waals surface area contributed by atoms with Gasteiger partial charge in [0.1, 0.15) is 0 Å². The summed E-state index contributed by atoms with van der Waals surface area (Å²) in [4.78, 5) is 5.25. The molecule has 0 aliphatic carbocycles. The summed E-state index contributed by atoms with van der Waals surface area (Å²) < 4.78 is 5.69. The van der Waals surface area contributed by atoms with Crippen LogP contribution >= 0.6 is 0 Å². The van der Waals surface area contributed by atoms with Gasteiger partial charge in [0.05, 0.1) is 6.10 Å². The minimum atomic E-state index is 0.568.